The van der Waals surface area contributed by atoms with Crippen molar-refractivity contribution in [2.45, 2.75) is 33.0 Å². The number of aromatic nitrogens is 3. The van der Waals surface area contributed by atoms with Crippen molar-refractivity contribution in [1.29, 1.82) is 0 Å². The lowest BCUT2D eigenvalue weighted by molar-refractivity contribution is 0.426. The second kappa shape index (κ2) is 5.57. The Morgan fingerprint density at radius 2 is 2.05 bits per heavy atom. The molecular weight excluding hydrogens is 268 g/mol. The third-order valence-electron chi connectivity index (χ3n) is 3.27. The van der Waals surface area contributed by atoms with Crippen LogP contribution < -0.4 is 10.9 Å². The molecule has 0 saturated carbocycles. The van der Waals surface area contributed by atoms with Gasteiger partial charge in [0.25, 0.3) is 5.56 Å². The normalized spacial score (nSPS) is 11.6. The van der Waals surface area contributed by atoms with Gasteiger partial charge in [-0.05, 0) is 18.2 Å². The van der Waals surface area contributed by atoms with Crippen LogP contribution in [0.15, 0.2) is 46.0 Å². The van der Waals surface area contributed by atoms with Crippen LogP contribution in [0, 0.1) is 0 Å². The predicted octanol–water partition coefficient (Wildman–Crippen LogP) is 1.64. The Morgan fingerprint density at radius 3 is 2.86 bits per heavy atom. The Morgan fingerprint density at radius 1 is 1.24 bits per heavy atom. The minimum atomic E-state index is -0.0757. The number of rotatable bonds is 5. The van der Waals surface area contributed by atoms with Gasteiger partial charge in [0, 0.05) is 18.4 Å². The second-order valence-electron chi connectivity index (χ2n) is 5.30. The van der Waals surface area contributed by atoms with E-state index in [2.05, 4.69) is 24.3 Å². The van der Waals surface area contributed by atoms with Gasteiger partial charge in [-0.2, -0.15) is 5.10 Å². The van der Waals surface area contributed by atoms with Crippen molar-refractivity contribution in [3.05, 3.63) is 58.7 Å². The van der Waals surface area contributed by atoms with E-state index in [1.54, 1.807) is 33.7 Å². The summed E-state index contributed by atoms with van der Waals surface area (Å²) in [6, 6.07) is 5.96. The van der Waals surface area contributed by atoms with Gasteiger partial charge in [-0.15, -0.1) is 0 Å². The largest absolute Gasteiger partial charge is 0.463 e. The van der Waals surface area contributed by atoms with Gasteiger partial charge >= 0.3 is 0 Å². The molecule has 110 valence electrons. The quantitative estimate of drug-likeness (QED) is 0.774. The Bertz CT molecular complexity index is 797. The molecule has 0 aliphatic rings. The molecule has 0 radical (unpaired) electrons. The van der Waals surface area contributed by atoms with Gasteiger partial charge in [0.15, 0.2) is 0 Å². The summed E-state index contributed by atoms with van der Waals surface area (Å²) in [5.74, 6) is 1.64. The molecule has 0 spiro atoms. The van der Waals surface area contributed by atoms with Crippen LogP contribution in [0.3, 0.4) is 0 Å². The highest BCUT2D eigenvalue weighted by molar-refractivity contribution is 5.42. The number of furan rings is 1. The fourth-order valence-electron chi connectivity index (χ4n) is 2.16. The Hall–Kier alpha value is -2.34. The van der Waals surface area contributed by atoms with E-state index in [9.17, 15) is 4.79 Å². The maximum atomic E-state index is 12.3. The molecule has 0 aromatic carbocycles. The lowest BCUT2D eigenvalue weighted by Crippen LogP contribution is -2.22. The summed E-state index contributed by atoms with van der Waals surface area (Å²) in [6.45, 7) is 5.28. The first-order chi connectivity index (χ1) is 10.1. The molecule has 0 saturated heterocycles. The monoisotopic (exact) mass is 286 g/mol. The Balaban J connectivity index is 1.79. The zero-order valence-corrected chi connectivity index (χ0v) is 12.1. The minimum absolute atomic E-state index is 0.0757. The lowest BCUT2D eigenvalue weighted by atomic mass is 10.3. The van der Waals surface area contributed by atoms with Gasteiger partial charge < -0.3 is 14.3 Å². The molecule has 0 amide bonds. The number of nitrogens with zero attached hydrogens (tertiary/aromatic N) is 3. The van der Waals surface area contributed by atoms with Crippen molar-refractivity contribution in [2.24, 2.45) is 0 Å². The fourth-order valence-corrected chi connectivity index (χ4v) is 2.16. The van der Waals surface area contributed by atoms with Crippen molar-refractivity contribution < 1.29 is 4.42 Å². The summed E-state index contributed by atoms with van der Waals surface area (Å²) in [4.78, 5) is 12.3. The first-order valence-electron chi connectivity index (χ1n) is 6.97. The topological polar surface area (TPSA) is 64.5 Å². The molecule has 0 bridgehead atoms. The van der Waals surface area contributed by atoms with Gasteiger partial charge in [0.2, 0.25) is 0 Å². The Kier molecular flexibility index (Phi) is 3.62. The van der Waals surface area contributed by atoms with Crippen molar-refractivity contribution in [3.63, 3.8) is 0 Å². The van der Waals surface area contributed by atoms with Gasteiger partial charge in [-0.25, -0.2) is 4.52 Å². The third kappa shape index (κ3) is 2.90. The van der Waals surface area contributed by atoms with Gasteiger partial charge in [-0.1, -0.05) is 13.8 Å². The van der Waals surface area contributed by atoms with E-state index in [0.717, 1.165) is 11.5 Å². The van der Waals surface area contributed by atoms with E-state index in [4.69, 9.17) is 4.42 Å². The van der Waals surface area contributed by atoms with Crippen LogP contribution in [0.1, 0.15) is 25.4 Å². The molecule has 0 unspecified atom stereocenters. The molecule has 0 atom stereocenters. The van der Waals surface area contributed by atoms with Gasteiger partial charge in [0.1, 0.15) is 17.0 Å². The molecule has 0 fully saturated rings. The lowest BCUT2D eigenvalue weighted by Gasteiger charge is -2.06. The molecule has 3 aromatic heterocycles. The van der Waals surface area contributed by atoms with E-state index >= 15 is 0 Å². The summed E-state index contributed by atoms with van der Waals surface area (Å²) in [5, 5.41) is 7.34. The van der Waals surface area contributed by atoms with Crippen LogP contribution in [-0.2, 0) is 13.1 Å². The van der Waals surface area contributed by atoms with E-state index < -0.39 is 0 Å². The summed E-state index contributed by atoms with van der Waals surface area (Å²) in [5.41, 5.74) is 0.485. The highest BCUT2D eigenvalue weighted by Crippen LogP contribution is 2.09. The Labute approximate surface area is 122 Å². The van der Waals surface area contributed by atoms with Gasteiger partial charge in [0.05, 0.1) is 19.3 Å². The maximum absolute atomic E-state index is 12.3. The van der Waals surface area contributed by atoms with Crippen LogP contribution in [0.2, 0.25) is 0 Å². The van der Waals surface area contributed by atoms with Crippen LogP contribution in [0.25, 0.3) is 5.52 Å². The van der Waals surface area contributed by atoms with Crippen molar-refractivity contribution in [1.82, 2.24) is 19.5 Å². The fraction of sp³-hybridized carbons (Fsp3) is 0.333. The number of nitrogens with one attached hydrogen (secondary N) is 1. The zero-order valence-electron chi connectivity index (χ0n) is 12.1. The SMILES string of the molecule is CC(C)NCc1ccc(Cn2ccn3nccc3c2=O)o1. The van der Waals surface area contributed by atoms with E-state index in [1.807, 2.05) is 12.1 Å². The summed E-state index contributed by atoms with van der Waals surface area (Å²) >= 11 is 0. The molecule has 3 aromatic rings. The van der Waals surface area contributed by atoms with E-state index in [0.29, 0.717) is 24.6 Å². The van der Waals surface area contributed by atoms with Crippen LogP contribution in [-0.4, -0.2) is 20.2 Å². The average molecular weight is 286 g/mol. The number of hydrogen-bond acceptors (Lipinski definition) is 4. The molecule has 0 aliphatic carbocycles. The average Bonchev–Trinajstić information content (AvgIpc) is 3.09. The minimum Gasteiger partial charge on any atom is -0.463 e. The van der Waals surface area contributed by atoms with Crippen LogP contribution >= 0.6 is 0 Å². The van der Waals surface area contributed by atoms with Crippen molar-refractivity contribution in [2.75, 3.05) is 0 Å². The molecule has 3 rings (SSSR count). The van der Waals surface area contributed by atoms with Gasteiger partial charge in [-0.3, -0.25) is 4.79 Å². The predicted molar refractivity (Wildman–Crippen MR) is 79.2 cm³/mol. The van der Waals surface area contributed by atoms with Crippen LogP contribution in [0.4, 0.5) is 0 Å². The molecule has 6 heteroatoms. The van der Waals surface area contributed by atoms with E-state index in [-0.39, 0.29) is 5.56 Å². The second-order valence-corrected chi connectivity index (χ2v) is 5.30. The standard InChI is InChI=1S/C15H18N4O2/c1-11(2)16-9-12-3-4-13(21-12)10-18-7-8-19-14(15(18)20)5-6-17-19/h3-8,11,16H,9-10H2,1-2H3. The third-order valence-corrected chi connectivity index (χ3v) is 3.27. The molecule has 21 heavy (non-hydrogen) atoms. The molecule has 6 nitrogen and oxygen atoms in total. The highest BCUT2D eigenvalue weighted by atomic mass is 16.3. The van der Waals surface area contributed by atoms with E-state index in [1.165, 1.54) is 0 Å². The summed E-state index contributed by atoms with van der Waals surface area (Å²) in [6.07, 6.45) is 5.10. The zero-order chi connectivity index (χ0) is 14.8. The summed E-state index contributed by atoms with van der Waals surface area (Å²) in [7, 11) is 0. The first-order valence-corrected chi connectivity index (χ1v) is 6.97. The molecule has 0 aliphatic heterocycles. The molecular formula is C15H18N4O2. The first kappa shape index (κ1) is 13.6. The van der Waals surface area contributed by atoms with Crippen molar-refractivity contribution >= 4 is 5.52 Å². The molecule has 3 heterocycles. The summed E-state index contributed by atoms with van der Waals surface area (Å²) < 4.78 is 8.93. The van der Waals surface area contributed by atoms with Crippen molar-refractivity contribution in [3.8, 4) is 0 Å². The smallest absolute Gasteiger partial charge is 0.276 e. The highest BCUT2D eigenvalue weighted by Gasteiger charge is 2.07. The molecule has 1 N–H and O–H groups in total. The number of hydrogen-bond donors (Lipinski definition) is 1. The number of fused-ring (bicyclic) bond motifs is 1. The van der Waals surface area contributed by atoms with Crippen LogP contribution in [0.5, 0.6) is 0 Å². The maximum Gasteiger partial charge on any atom is 0.276 e.